The SMILES string of the molecule is NC(=O)NC1CCN(N)CC1. The van der Waals surface area contributed by atoms with E-state index in [-0.39, 0.29) is 6.04 Å². The molecule has 1 aliphatic heterocycles. The fourth-order valence-corrected chi connectivity index (χ4v) is 1.24. The molecule has 0 aromatic heterocycles. The highest BCUT2D eigenvalue weighted by atomic mass is 16.2. The van der Waals surface area contributed by atoms with E-state index in [2.05, 4.69) is 5.32 Å². The zero-order valence-corrected chi connectivity index (χ0v) is 6.42. The second-order valence-corrected chi connectivity index (χ2v) is 2.82. The molecule has 1 heterocycles. The van der Waals surface area contributed by atoms with Gasteiger partial charge in [-0.25, -0.2) is 9.80 Å². The number of primary amides is 1. The number of hydrazine groups is 1. The van der Waals surface area contributed by atoms with Gasteiger partial charge >= 0.3 is 6.03 Å². The van der Waals surface area contributed by atoms with E-state index in [9.17, 15) is 4.79 Å². The first-order valence-corrected chi connectivity index (χ1v) is 3.74. The van der Waals surface area contributed by atoms with Crippen molar-refractivity contribution in [2.45, 2.75) is 18.9 Å². The van der Waals surface area contributed by atoms with Crippen molar-refractivity contribution in [3.8, 4) is 0 Å². The monoisotopic (exact) mass is 158 g/mol. The van der Waals surface area contributed by atoms with Crippen molar-refractivity contribution in [2.75, 3.05) is 13.1 Å². The highest BCUT2D eigenvalue weighted by molar-refractivity contribution is 5.71. The smallest absolute Gasteiger partial charge is 0.312 e. The van der Waals surface area contributed by atoms with E-state index in [1.807, 2.05) is 0 Å². The van der Waals surface area contributed by atoms with Gasteiger partial charge in [0.1, 0.15) is 0 Å². The Hall–Kier alpha value is -0.810. The minimum absolute atomic E-state index is 0.215. The standard InChI is InChI=1S/C6H14N4O/c7-6(11)9-5-1-3-10(8)4-2-5/h5H,1-4,8H2,(H3,7,9,11). The Morgan fingerprint density at radius 3 is 2.45 bits per heavy atom. The predicted octanol–water partition coefficient (Wildman–Crippen LogP) is -1.01. The van der Waals surface area contributed by atoms with Gasteiger partial charge in [-0.05, 0) is 12.8 Å². The Kier molecular flexibility index (Phi) is 2.67. The van der Waals surface area contributed by atoms with Gasteiger partial charge < -0.3 is 11.1 Å². The van der Waals surface area contributed by atoms with Crippen LogP contribution in [0.15, 0.2) is 0 Å². The van der Waals surface area contributed by atoms with Crippen LogP contribution in [0.2, 0.25) is 0 Å². The molecule has 1 fully saturated rings. The lowest BCUT2D eigenvalue weighted by molar-refractivity contribution is 0.198. The third-order valence-corrected chi connectivity index (χ3v) is 1.88. The maximum atomic E-state index is 10.4. The number of hydrogen-bond donors (Lipinski definition) is 3. The molecule has 64 valence electrons. The van der Waals surface area contributed by atoms with E-state index < -0.39 is 6.03 Å². The lowest BCUT2D eigenvalue weighted by Gasteiger charge is -2.28. The van der Waals surface area contributed by atoms with Crippen molar-refractivity contribution in [3.63, 3.8) is 0 Å². The lowest BCUT2D eigenvalue weighted by Crippen LogP contribution is -2.48. The average Bonchev–Trinajstić information content (AvgIpc) is 1.93. The van der Waals surface area contributed by atoms with Crippen molar-refractivity contribution in [3.05, 3.63) is 0 Å². The molecule has 1 rings (SSSR count). The Balaban J connectivity index is 2.22. The normalized spacial score (nSPS) is 21.5. The van der Waals surface area contributed by atoms with Crippen molar-refractivity contribution >= 4 is 6.03 Å². The molecule has 0 aromatic carbocycles. The maximum Gasteiger partial charge on any atom is 0.312 e. The Bertz CT molecular complexity index is 142. The van der Waals surface area contributed by atoms with Gasteiger partial charge in [0, 0.05) is 19.1 Å². The van der Waals surface area contributed by atoms with Crippen LogP contribution < -0.4 is 16.9 Å². The molecule has 2 amide bonds. The number of rotatable bonds is 1. The number of carbonyl (C=O) groups is 1. The van der Waals surface area contributed by atoms with Gasteiger partial charge in [0.2, 0.25) is 0 Å². The van der Waals surface area contributed by atoms with E-state index in [0.29, 0.717) is 0 Å². The summed E-state index contributed by atoms with van der Waals surface area (Å²) in [7, 11) is 0. The predicted molar refractivity (Wildman–Crippen MR) is 41.5 cm³/mol. The fraction of sp³-hybridized carbons (Fsp3) is 0.833. The number of piperidine rings is 1. The van der Waals surface area contributed by atoms with Crippen LogP contribution in [0.1, 0.15) is 12.8 Å². The molecule has 0 radical (unpaired) electrons. The second kappa shape index (κ2) is 3.54. The largest absolute Gasteiger partial charge is 0.352 e. The Morgan fingerprint density at radius 2 is 2.00 bits per heavy atom. The molecule has 1 aliphatic rings. The minimum atomic E-state index is -0.444. The van der Waals surface area contributed by atoms with Crippen LogP contribution in [0, 0.1) is 0 Å². The number of nitrogens with zero attached hydrogens (tertiary/aromatic N) is 1. The molecule has 0 bridgehead atoms. The summed E-state index contributed by atoms with van der Waals surface area (Å²) in [6.45, 7) is 1.65. The highest BCUT2D eigenvalue weighted by Crippen LogP contribution is 2.05. The van der Waals surface area contributed by atoms with Gasteiger partial charge in [0.05, 0.1) is 0 Å². The molecule has 0 aliphatic carbocycles. The van der Waals surface area contributed by atoms with E-state index in [1.54, 1.807) is 5.01 Å². The molecule has 0 unspecified atom stereocenters. The first-order valence-electron chi connectivity index (χ1n) is 3.74. The number of amides is 2. The van der Waals surface area contributed by atoms with Gasteiger partial charge in [0.15, 0.2) is 0 Å². The van der Waals surface area contributed by atoms with Crippen LogP contribution in [0.3, 0.4) is 0 Å². The third kappa shape index (κ3) is 2.73. The molecule has 11 heavy (non-hydrogen) atoms. The van der Waals surface area contributed by atoms with Crippen molar-refractivity contribution in [1.82, 2.24) is 10.3 Å². The number of hydrogen-bond acceptors (Lipinski definition) is 3. The molecule has 5 heteroatoms. The molecule has 0 atom stereocenters. The van der Waals surface area contributed by atoms with Crippen LogP contribution >= 0.6 is 0 Å². The molecule has 0 aromatic rings. The highest BCUT2D eigenvalue weighted by Gasteiger charge is 2.17. The first kappa shape index (κ1) is 8.29. The summed E-state index contributed by atoms with van der Waals surface area (Å²) >= 11 is 0. The van der Waals surface area contributed by atoms with E-state index in [4.69, 9.17) is 11.6 Å². The summed E-state index contributed by atoms with van der Waals surface area (Å²) in [5.41, 5.74) is 4.96. The van der Waals surface area contributed by atoms with E-state index >= 15 is 0 Å². The summed E-state index contributed by atoms with van der Waals surface area (Å²) in [6, 6.07) is -0.229. The molecular formula is C6H14N4O. The topological polar surface area (TPSA) is 84.4 Å². The maximum absolute atomic E-state index is 10.4. The third-order valence-electron chi connectivity index (χ3n) is 1.88. The zero-order chi connectivity index (χ0) is 8.27. The first-order chi connectivity index (χ1) is 5.18. The summed E-state index contributed by atoms with van der Waals surface area (Å²) in [5.74, 6) is 5.52. The van der Waals surface area contributed by atoms with E-state index in [0.717, 1.165) is 25.9 Å². The number of carbonyl (C=O) groups excluding carboxylic acids is 1. The molecule has 5 N–H and O–H groups in total. The average molecular weight is 158 g/mol. The van der Waals surface area contributed by atoms with Gasteiger partial charge in [0.25, 0.3) is 0 Å². The summed E-state index contributed by atoms with van der Waals surface area (Å²) in [4.78, 5) is 10.4. The Labute approximate surface area is 65.7 Å². The van der Waals surface area contributed by atoms with Crippen LogP contribution in [0.25, 0.3) is 0 Å². The van der Waals surface area contributed by atoms with Gasteiger partial charge in [-0.15, -0.1) is 0 Å². The summed E-state index contributed by atoms with van der Waals surface area (Å²) < 4.78 is 0. The molecule has 0 saturated carbocycles. The van der Waals surface area contributed by atoms with Crippen molar-refractivity contribution in [1.29, 1.82) is 0 Å². The van der Waals surface area contributed by atoms with Crippen LogP contribution in [0.5, 0.6) is 0 Å². The van der Waals surface area contributed by atoms with Gasteiger partial charge in [-0.1, -0.05) is 0 Å². The molecule has 1 saturated heterocycles. The number of nitrogens with one attached hydrogen (secondary N) is 1. The quantitative estimate of drug-likeness (QED) is 0.428. The lowest BCUT2D eigenvalue weighted by atomic mass is 10.1. The van der Waals surface area contributed by atoms with Crippen LogP contribution in [-0.2, 0) is 0 Å². The van der Waals surface area contributed by atoms with Crippen molar-refractivity contribution in [2.24, 2.45) is 11.6 Å². The number of nitrogens with two attached hydrogens (primary N) is 2. The van der Waals surface area contributed by atoms with Gasteiger partial charge in [-0.2, -0.15) is 0 Å². The molecular weight excluding hydrogens is 144 g/mol. The van der Waals surface area contributed by atoms with Crippen LogP contribution in [-0.4, -0.2) is 30.2 Å². The molecule has 5 nitrogen and oxygen atoms in total. The minimum Gasteiger partial charge on any atom is -0.352 e. The van der Waals surface area contributed by atoms with Crippen LogP contribution in [0.4, 0.5) is 4.79 Å². The molecule has 0 spiro atoms. The number of urea groups is 1. The Morgan fingerprint density at radius 1 is 1.45 bits per heavy atom. The fourth-order valence-electron chi connectivity index (χ4n) is 1.24. The summed E-state index contributed by atoms with van der Waals surface area (Å²) in [6.07, 6.45) is 1.78. The summed E-state index contributed by atoms with van der Waals surface area (Å²) in [5, 5.41) is 4.41. The van der Waals surface area contributed by atoms with E-state index in [1.165, 1.54) is 0 Å². The second-order valence-electron chi connectivity index (χ2n) is 2.82. The van der Waals surface area contributed by atoms with Gasteiger partial charge in [-0.3, -0.25) is 5.84 Å². The van der Waals surface area contributed by atoms with Crippen molar-refractivity contribution < 1.29 is 4.79 Å². The zero-order valence-electron chi connectivity index (χ0n) is 6.42.